The molecule has 3 N–H and O–H groups in total. The Balaban J connectivity index is 1.87. The number of rotatable bonds is 4. The zero-order valence-corrected chi connectivity index (χ0v) is 15.2. The second kappa shape index (κ2) is 7.97. The van der Waals surface area contributed by atoms with Gasteiger partial charge in [-0.05, 0) is 47.5 Å². The van der Waals surface area contributed by atoms with Crippen molar-refractivity contribution in [3.8, 4) is 23.0 Å². The Labute approximate surface area is 157 Å². The van der Waals surface area contributed by atoms with Gasteiger partial charge in [0.25, 0.3) is 0 Å². The molecule has 2 aromatic carbocycles. The number of methoxy groups -OCH3 is 2. The lowest BCUT2D eigenvalue weighted by molar-refractivity contribution is -0.112. The van der Waals surface area contributed by atoms with Crippen LogP contribution < -0.4 is 14.8 Å². The molecule has 0 saturated carbocycles. The summed E-state index contributed by atoms with van der Waals surface area (Å²) in [5.74, 6) is 0.731. The highest BCUT2D eigenvalue weighted by atomic mass is 16.5. The van der Waals surface area contributed by atoms with Crippen LogP contribution in [0.15, 0.2) is 47.5 Å². The Morgan fingerprint density at radius 3 is 1.67 bits per heavy atom. The topological polar surface area (TPSA) is 88.0 Å². The number of carbonyl (C=O) groups is 1. The largest absolute Gasteiger partial charge is 0.504 e. The number of ether oxygens (including phenoxy) is 2. The smallest absolute Gasteiger partial charge is 0.187 e. The maximum Gasteiger partial charge on any atom is 0.187 e. The van der Waals surface area contributed by atoms with Crippen LogP contribution in [-0.4, -0.2) is 43.3 Å². The summed E-state index contributed by atoms with van der Waals surface area (Å²) in [7, 11) is 2.96. The van der Waals surface area contributed by atoms with E-state index in [0.717, 1.165) is 0 Å². The summed E-state index contributed by atoms with van der Waals surface area (Å²) in [4.78, 5) is 12.8. The summed E-state index contributed by atoms with van der Waals surface area (Å²) in [5, 5.41) is 23.0. The number of nitrogens with one attached hydrogen (secondary N) is 1. The number of phenols is 2. The van der Waals surface area contributed by atoms with E-state index in [1.165, 1.54) is 14.2 Å². The summed E-state index contributed by atoms with van der Waals surface area (Å²) in [6.45, 7) is 0.883. The molecule has 0 amide bonds. The second-order valence-corrected chi connectivity index (χ2v) is 6.13. The van der Waals surface area contributed by atoms with Crippen LogP contribution in [0.25, 0.3) is 12.2 Å². The molecule has 0 unspecified atom stereocenters. The van der Waals surface area contributed by atoms with Gasteiger partial charge < -0.3 is 25.0 Å². The molecular formula is C21H21NO5. The molecule has 0 spiro atoms. The first-order valence-corrected chi connectivity index (χ1v) is 8.42. The van der Waals surface area contributed by atoms with Crippen LogP contribution in [0.5, 0.6) is 23.0 Å². The maximum absolute atomic E-state index is 12.8. The van der Waals surface area contributed by atoms with Crippen LogP contribution in [0.1, 0.15) is 11.1 Å². The number of carbonyl (C=O) groups excluding carboxylic acids is 1. The molecule has 1 fully saturated rings. The van der Waals surface area contributed by atoms with Crippen molar-refractivity contribution in [1.82, 2.24) is 5.32 Å². The highest BCUT2D eigenvalue weighted by Gasteiger charge is 2.20. The van der Waals surface area contributed by atoms with Crippen molar-refractivity contribution >= 4 is 17.9 Å². The predicted molar refractivity (Wildman–Crippen MR) is 103 cm³/mol. The van der Waals surface area contributed by atoms with Crippen LogP contribution >= 0.6 is 0 Å². The summed E-state index contributed by atoms with van der Waals surface area (Å²) < 4.78 is 10.1. The standard InChI is InChI=1S/C21H21NO5/c1-26-19-5-3-13(9-17(19)23)7-15-11-22-12-16(21(15)25)8-14-4-6-20(27-2)18(24)10-14/h3-10,22-24H,11-12H2,1-2H3/b15-7+,16-8+. The average molecular weight is 367 g/mol. The summed E-state index contributed by atoms with van der Waals surface area (Å²) in [6.07, 6.45) is 3.49. The van der Waals surface area contributed by atoms with Crippen LogP contribution in [0.4, 0.5) is 0 Å². The number of hydrogen-bond donors (Lipinski definition) is 3. The molecule has 140 valence electrons. The normalized spacial score (nSPS) is 17.3. The fraction of sp³-hybridized carbons (Fsp3) is 0.190. The molecule has 0 aliphatic carbocycles. The Kier molecular flexibility index (Phi) is 5.47. The van der Waals surface area contributed by atoms with Crippen LogP contribution in [0, 0.1) is 0 Å². The quantitative estimate of drug-likeness (QED) is 0.720. The Morgan fingerprint density at radius 2 is 1.30 bits per heavy atom. The molecule has 0 aromatic heterocycles. The first-order valence-electron chi connectivity index (χ1n) is 8.42. The van der Waals surface area contributed by atoms with Crippen LogP contribution in [0.3, 0.4) is 0 Å². The van der Waals surface area contributed by atoms with Crippen molar-refractivity contribution in [3.05, 3.63) is 58.7 Å². The van der Waals surface area contributed by atoms with E-state index >= 15 is 0 Å². The predicted octanol–water partition coefficient (Wildman–Crippen LogP) is 2.75. The fourth-order valence-corrected chi connectivity index (χ4v) is 2.93. The van der Waals surface area contributed by atoms with Crippen molar-refractivity contribution in [2.75, 3.05) is 27.3 Å². The van der Waals surface area contributed by atoms with Gasteiger partial charge >= 0.3 is 0 Å². The SMILES string of the molecule is COc1ccc(/C=C2\CNC/C(=C\c3ccc(OC)c(O)c3)C2=O)cc1O. The Bertz CT molecular complexity index is 857. The van der Waals surface area contributed by atoms with Crippen LogP contribution in [0.2, 0.25) is 0 Å². The van der Waals surface area contributed by atoms with Gasteiger partial charge in [0.2, 0.25) is 0 Å². The van der Waals surface area contributed by atoms with E-state index in [9.17, 15) is 15.0 Å². The molecule has 2 aromatic rings. The van der Waals surface area contributed by atoms with Gasteiger partial charge in [-0.1, -0.05) is 12.1 Å². The van der Waals surface area contributed by atoms with Gasteiger partial charge in [-0.25, -0.2) is 0 Å². The number of piperidine rings is 1. The van der Waals surface area contributed by atoms with E-state index in [4.69, 9.17) is 9.47 Å². The number of aromatic hydroxyl groups is 2. The number of phenolic OH excluding ortho intramolecular Hbond substituents is 2. The highest BCUT2D eigenvalue weighted by Crippen LogP contribution is 2.29. The number of benzene rings is 2. The molecule has 1 aliphatic heterocycles. The molecule has 3 rings (SSSR count). The van der Waals surface area contributed by atoms with E-state index in [-0.39, 0.29) is 17.3 Å². The average Bonchev–Trinajstić information content (AvgIpc) is 2.65. The third kappa shape index (κ3) is 4.12. The molecule has 0 atom stereocenters. The Morgan fingerprint density at radius 1 is 0.852 bits per heavy atom. The first kappa shape index (κ1) is 18.5. The van der Waals surface area contributed by atoms with Gasteiger partial charge in [-0.2, -0.15) is 0 Å². The van der Waals surface area contributed by atoms with Gasteiger partial charge in [0.05, 0.1) is 14.2 Å². The summed E-state index contributed by atoms with van der Waals surface area (Å²) in [5.41, 5.74) is 2.60. The molecule has 1 saturated heterocycles. The van der Waals surface area contributed by atoms with E-state index in [0.29, 0.717) is 46.9 Å². The molecule has 0 radical (unpaired) electrons. The molecular weight excluding hydrogens is 346 g/mol. The van der Waals surface area contributed by atoms with Gasteiger partial charge in [-0.3, -0.25) is 4.79 Å². The van der Waals surface area contributed by atoms with Crippen molar-refractivity contribution in [1.29, 1.82) is 0 Å². The minimum atomic E-state index is -0.0700. The lowest BCUT2D eigenvalue weighted by Crippen LogP contribution is -2.32. The van der Waals surface area contributed by atoms with Crippen molar-refractivity contribution < 1.29 is 24.5 Å². The van der Waals surface area contributed by atoms with E-state index in [1.807, 2.05) is 0 Å². The summed E-state index contributed by atoms with van der Waals surface area (Å²) in [6, 6.07) is 9.96. The van der Waals surface area contributed by atoms with E-state index in [2.05, 4.69) is 5.32 Å². The third-order valence-corrected chi connectivity index (χ3v) is 4.30. The van der Waals surface area contributed by atoms with Gasteiger partial charge in [-0.15, -0.1) is 0 Å². The van der Waals surface area contributed by atoms with Gasteiger partial charge in [0.1, 0.15) is 0 Å². The second-order valence-electron chi connectivity index (χ2n) is 6.13. The maximum atomic E-state index is 12.8. The monoisotopic (exact) mass is 367 g/mol. The minimum Gasteiger partial charge on any atom is -0.504 e. The third-order valence-electron chi connectivity index (χ3n) is 4.30. The molecule has 6 heteroatoms. The number of ketones is 1. The lowest BCUT2D eigenvalue weighted by atomic mass is 9.95. The van der Waals surface area contributed by atoms with Gasteiger partial charge in [0.15, 0.2) is 28.8 Å². The Hall–Kier alpha value is -3.25. The first-order chi connectivity index (χ1) is 13.0. The zero-order valence-electron chi connectivity index (χ0n) is 15.2. The lowest BCUT2D eigenvalue weighted by Gasteiger charge is -2.18. The number of Topliss-reactive ketones (excluding diaryl/α,β-unsaturated/α-hetero) is 1. The number of hydrogen-bond acceptors (Lipinski definition) is 6. The van der Waals surface area contributed by atoms with Crippen molar-refractivity contribution in [3.63, 3.8) is 0 Å². The van der Waals surface area contributed by atoms with E-state index < -0.39 is 0 Å². The van der Waals surface area contributed by atoms with Crippen LogP contribution in [-0.2, 0) is 4.79 Å². The molecule has 6 nitrogen and oxygen atoms in total. The van der Waals surface area contributed by atoms with Crippen molar-refractivity contribution in [2.24, 2.45) is 0 Å². The van der Waals surface area contributed by atoms with Gasteiger partial charge in [0, 0.05) is 24.2 Å². The zero-order chi connectivity index (χ0) is 19.4. The summed E-state index contributed by atoms with van der Waals surface area (Å²) >= 11 is 0. The fourth-order valence-electron chi connectivity index (χ4n) is 2.93. The van der Waals surface area contributed by atoms with Crippen molar-refractivity contribution in [2.45, 2.75) is 0 Å². The van der Waals surface area contributed by atoms with E-state index in [1.54, 1.807) is 48.6 Å². The molecule has 1 heterocycles. The molecule has 27 heavy (non-hydrogen) atoms. The highest BCUT2D eigenvalue weighted by molar-refractivity contribution is 6.14. The molecule has 1 aliphatic rings. The minimum absolute atomic E-state index is 0.0209. The molecule has 0 bridgehead atoms.